The number of rotatable bonds is 6. The standard InChI is InChI=1S/C22H26N2O4S/c1-2-28-19-11-7-17(8-12-19)21-5-3-16-24(21)29(26,27)20-13-9-18(10-14-20)23-15-4-6-22(23)25/h7-14,21H,2-6,15-16H2,1H3. The highest BCUT2D eigenvalue weighted by Crippen LogP contribution is 2.37. The van der Waals surface area contributed by atoms with Crippen molar-refractivity contribution in [3.05, 3.63) is 54.1 Å². The summed E-state index contributed by atoms with van der Waals surface area (Å²) in [7, 11) is -3.61. The smallest absolute Gasteiger partial charge is 0.243 e. The van der Waals surface area contributed by atoms with Crippen LogP contribution in [0.5, 0.6) is 5.75 Å². The van der Waals surface area contributed by atoms with Gasteiger partial charge in [-0.05, 0) is 68.1 Å². The number of carbonyl (C=O) groups is 1. The number of hydrogen-bond acceptors (Lipinski definition) is 4. The quantitative estimate of drug-likeness (QED) is 0.722. The first kappa shape index (κ1) is 19.9. The maximum atomic E-state index is 13.3. The molecule has 4 rings (SSSR count). The van der Waals surface area contributed by atoms with Gasteiger partial charge in [-0.1, -0.05) is 12.1 Å². The van der Waals surface area contributed by atoms with E-state index >= 15 is 0 Å². The zero-order valence-electron chi connectivity index (χ0n) is 16.6. The van der Waals surface area contributed by atoms with E-state index in [9.17, 15) is 13.2 Å². The topological polar surface area (TPSA) is 66.9 Å². The van der Waals surface area contributed by atoms with Crippen LogP contribution in [-0.2, 0) is 14.8 Å². The molecule has 0 aliphatic carbocycles. The molecular formula is C22H26N2O4S. The van der Waals surface area contributed by atoms with E-state index in [1.807, 2.05) is 31.2 Å². The van der Waals surface area contributed by atoms with Crippen molar-refractivity contribution in [2.75, 3.05) is 24.6 Å². The Labute approximate surface area is 172 Å². The normalized spacial score (nSPS) is 20.4. The first-order valence-electron chi connectivity index (χ1n) is 10.2. The van der Waals surface area contributed by atoms with Crippen molar-refractivity contribution in [2.45, 2.75) is 43.5 Å². The van der Waals surface area contributed by atoms with E-state index in [1.54, 1.807) is 33.5 Å². The number of sulfonamides is 1. The van der Waals surface area contributed by atoms with Crippen molar-refractivity contribution < 1.29 is 17.9 Å². The van der Waals surface area contributed by atoms with E-state index in [1.165, 1.54) is 0 Å². The third kappa shape index (κ3) is 3.89. The Morgan fingerprint density at radius 2 is 1.72 bits per heavy atom. The maximum Gasteiger partial charge on any atom is 0.243 e. The molecule has 1 amide bonds. The van der Waals surface area contributed by atoms with Crippen molar-refractivity contribution in [1.29, 1.82) is 0 Å². The van der Waals surface area contributed by atoms with Crippen molar-refractivity contribution >= 4 is 21.6 Å². The molecule has 1 unspecified atom stereocenters. The predicted octanol–water partition coefficient (Wildman–Crippen LogP) is 3.74. The zero-order chi connectivity index (χ0) is 20.4. The molecule has 2 aliphatic heterocycles. The van der Waals surface area contributed by atoms with Crippen LogP contribution in [-0.4, -0.2) is 38.3 Å². The lowest BCUT2D eigenvalue weighted by molar-refractivity contribution is -0.117. The van der Waals surface area contributed by atoms with Crippen LogP contribution in [0, 0.1) is 0 Å². The molecule has 2 aromatic carbocycles. The average Bonchev–Trinajstić information content (AvgIpc) is 3.38. The Balaban J connectivity index is 1.56. The van der Waals surface area contributed by atoms with E-state index in [4.69, 9.17) is 4.74 Å². The van der Waals surface area contributed by atoms with Gasteiger partial charge in [0, 0.05) is 25.2 Å². The number of amides is 1. The lowest BCUT2D eigenvalue weighted by Gasteiger charge is -2.25. The van der Waals surface area contributed by atoms with Crippen molar-refractivity contribution in [1.82, 2.24) is 4.31 Å². The highest BCUT2D eigenvalue weighted by Gasteiger charge is 2.36. The summed E-state index contributed by atoms with van der Waals surface area (Å²) in [5, 5.41) is 0. The summed E-state index contributed by atoms with van der Waals surface area (Å²) in [5.41, 5.74) is 1.74. The van der Waals surface area contributed by atoms with Crippen LogP contribution in [0.3, 0.4) is 0 Å². The van der Waals surface area contributed by atoms with Gasteiger partial charge in [0.05, 0.1) is 17.5 Å². The third-order valence-electron chi connectivity index (χ3n) is 5.61. The molecule has 2 aliphatic rings. The fraction of sp³-hybridized carbons (Fsp3) is 0.409. The van der Waals surface area contributed by atoms with E-state index in [-0.39, 0.29) is 16.8 Å². The number of anilines is 1. The van der Waals surface area contributed by atoms with E-state index in [0.717, 1.165) is 36.3 Å². The SMILES string of the molecule is CCOc1ccc(C2CCCN2S(=O)(=O)c2ccc(N3CCCC3=O)cc2)cc1. The Hall–Kier alpha value is -2.38. The highest BCUT2D eigenvalue weighted by atomic mass is 32.2. The van der Waals surface area contributed by atoms with Gasteiger partial charge in [0.1, 0.15) is 5.75 Å². The van der Waals surface area contributed by atoms with Gasteiger partial charge in [0.25, 0.3) is 0 Å². The molecule has 1 atom stereocenters. The minimum Gasteiger partial charge on any atom is -0.494 e. The number of benzene rings is 2. The minimum absolute atomic E-state index is 0.0933. The van der Waals surface area contributed by atoms with Crippen LogP contribution in [0.4, 0.5) is 5.69 Å². The summed E-state index contributed by atoms with van der Waals surface area (Å²) >= 11 is 0. The number of hydrogen-bond donors (Lipinski definition) is 0. The first-order valence-corrected chi connectivity index (χ1v) is 11.6. The van der Waals surface area contributed by atoms with Crippen molar-refractivity contribution in [2.24, 2.45) is 0 Å². The zero-order valence-corrected chi connectivity index (χ0v) is 17.4. The van der Waals surface area contributed by atoms with Gasteiger partial charge in [0.2, 0.25) is 15.9 Å². The Morgan fingerprint density at radius 1 is 1.00 bits per heavy atom. The van der Waals surface area contributed by atoms with Gasteiger partial charge in [-0.25, -0.2) is 8.42 Å². The second-order valence-corrected chi connectivity index (χ2v) is 9.31. The van der Waals surface area contributed by atoms with Crippen LogP contribution in [0.2, 0.25) is 0 Å². The van der Waals surface area contributed by atoms with Crippen molar-refractivity contribution in [3.8, 4) is 5.75 Å². The summed E-state index contributed by atoms with van der Waals surface area (Å²) in [6.07, 6.45) is 3.03. The molecule has 2 heterocycles. The van der Waals surface area contributed by atoms with Gasteiger partial charge in [0.15, 0.2) is 0 Å². The maximum absolute atomic E-state index is 13.3. The highest BCUT2D eigenvalue weighted by molar-refractivity contribution is 7.89. The Bertz CT molecular complexity index is 971. The lowest BCUT2D eigenvalue weighted by atomic mass is 10.1. The second kappa shape index (κ2) is 8.16. The van der Waals surface area contributed by atoms with Crippen LogP contribution < -0.4 is 9.64 Å². The van der Waals surface area contributed by atoms with Gasteiger partial charge < -0.3 is 9.64 Å². The summed E-state index contributed by atoms with van der Waals surface area (Å²) in [4.78, 5) is 13.9. The molecule has 2 saturated heterocycles. The van der Waals surface area contributed by atoms with Crippen LogP contribution in [0.15, 0.2) is 53.4 Å². The number of carbonyl (C=O) groups excluding carboxylic acids is 1. The molecular weight excluding hydrogens is 388 g/mol. The van der Waals surface area contributed by atoms with Crippen LogP contribution >= 0.6 is 0 Å². The van der Waals surface area contributed by atoms with E-state index < -0.39 is 10.0 Å². The van der Waals surface area contributed by atoms with Gasteiger partial charge in [-0.2, -0.15) is 4.31 Å². The summed E-state index contributed by atoms with van der Waals surface area (Å²) in [6.45, 7) is 3.73. The van der Waals surface area contributed by atoms with Crippen LogP contribution in [0.25, 0.3) is 0 Å². The number of nitrogens with zero attached hydrogens (tertiary/aromatic N) is 2. The summed E-state index contributed by atoms with van der Waals surface area (Å²) in [5.74, 6) is 0.881. The molecule has 2 fully saturated rings. The van der Waals surface area contributed by atoms with E-state index in [0.29, 0.717) is 26.1 Å². The second-order valence-electron chi connectivity index (χ2n) is 7.42. The molecule has 2 aromatic rings. The molecule has 6 nitrogen and oxygen atoms in total. The molecule has 154 valence electrons. The Kier molecular flexibility index (Phi) is 5.61. The van der Waals surface area contributed by atoms with Crippen molar-refractivity contribution in [3.63, 3.8) is 0 Å². The van der Waals surface area contributed by atoms with Gasteiger partial charge in [-0.3, -0.25) is 4.79 Å². The number of ether oxygens (including phenoxy) is 1. The molecule has 0 radical (unpaired) electrons. The molecule has 0 aromatic heterocycles. The average molecular weight is 415 g/mol. The molecule has 7 heteroatoms. The summed E-state index contributed by atoms with van der Waals surface area (Å²) < 4.78 is 33.7. The predicted molar refractivity (Wildman–Crippen MR) is 112 cm³/mol. The third-order valence-corrected chi connectivity index (χ3v) is 7.53. The molecule has 0 N–H and O–H groups in total. The summed E-state index contributed by atoms with van der Waals surface area (Å²) in [6, 6.07) is 14.2. The largest absolute Gasteiger partial charge is 0.494 e. The van der Waals surface area contributed by atoms with Gasteiger partial charge >= 0.3 is 0 Å². The molecule has 0 bridgehead atoms. The Morgan fingerprint density at radius 3 is 2.34 bits per heavy atom. The van der Waals surface area contributed by atoms with Gasteiger partial charge in [-0.15, -0.1) is 0 Å². The van der Waals surface area contributed by atoms with E-state index in [2.05, 4.69) is 0 Å². The molecule has 0 spiro atoms. The minimum atomic E-state index is -3.61. The molecule has 0 saturated carbocycles. The van der Waals surface area contributed by atoms with Crippen LogP contribution in [0.1, 0.15) is 44.2 Å². The fourth-order valence-electron chi connectivity index (χ4n) is 4.17. The first-order chi connectivity index (χ1) is 14.0. The lowest BCUT2D eigenvalue weighted by Crippen LogP contribution is -2.30. The monoisotopic (exact) mass is 414 g/mol. The molecule has 29 heavy (non-hydrogen) atoms. The fourth-order valence-corrected chi connectivity index (χ4v) is 5.85.